The van der Waals surface area contributed by atoms with Crippen LogP contribution >= 0.6 is 43.2 Å². The van der Waals surface area contributed by atoms with E-state index in [9.17, 15) is 126 Å². The highest BCUT2D eigenvalue weighted by molar-refractivity contribution is 8.77. The summed E-state index contributed by atoms with van der Waals surface area (Å²) in [5.74, 6) is -32.5. The van der Waals surface area contributed by atoms with E-state index >= 15 is 0 Å². The largest absolute Gasteiger partial charge is 0.481 e. The summed E-state index contributed by atoms with van der Waals surface area (Å²) in [6.07, 6.45) is -8.77. The molecule has 0 saturated carbocycles. The standard InChI is InChI=1S/C65H104N18O26S4/c1-25(2)15-34-55(98)80-41-24-113-110-21-38(58(101)77-37(65(108)109)16-26(3)4)71-44(87)20-69-62(105)50(30(10)84)83-61(104)40(78-51(94)29(9)70-63(106)48(27(5)6)81-57(100)35(18-43(68)86)76-64(107)49(28(7)8)82-60(41)103)23-112-111-22-39(59(102)73-32(53(96)75-34)11-13-45(88)89)79-54(97)33(12-14-46(90)91)72-56(99)36(19-47(92)93)74-52(95)31(66)17-42(67)85/h25-41,48-50,84H,11-24,66H2,1-10H3,(H2,67,85)(H2,68,86)(H,69,105)(H,70,106)(H,71,87)(H,72,99)(H,73,102)(H,74,95)(H,75,96)(H,76,107)(H,77,101)(H,78,94)(H,79,97)(H,80,98)(H,81,100)(H,82,103)(H,83,104)(H,88,89)(H,90,91)(H,92,93)(H,108,109)/t29-,30+,31-,32-,33-,34-,35-,36-,37-,38-,39-,40-,41-,48-,49-,50-/m0/s1. The number of nitrogens with two attached hydrogens (primary N) is 3. The third-order valence-electron chi connectivity index (χ3n) is 16.4. The van der Waals surface area contributed by atoms with Crippen molar-refractivity contribution in [3.63, 3.8) is 0 Å². The van der Waals surface area contributed by atoms with Gasteiger partial charge in [0, 0.05) is 35.9 Å². The lowest BCUT2D eigenvalue weighted by Gasteiger charge is -2.29. The zero-order valence-corrected chi connectivity index (χ0v) is 66.9. The second-order valence-electron chi connectivity index (χ2n) is 28.0. The first kappa shape index (κ1) is 99.3. The molecular weight excluding hydrogens is 1580 g/mol. The minimum Gasteiger partial charge on any atom is -0.481 e. The van der Waals surface area contributed by atoms with Gasteiger partial charge >= 0.3 is 23.9 Å². The van der Waals surface area contributed by atoms with Crippen molar-refractivity contribution in [1.29, 1.82) is 0 Å². The number of carbonyl (C=O) groups is 21. The molecule has 3 aliphatic heterocycles. The van der Waals surface area contributed by atoms with Crippen LogP contribution in [0.1, 0.15) is 127 Å². The first-order chi connectivity index (χ1) is 52.6. The molecule has 2 bridgehead atoms. The second-order valence-corrected chi connectivity index (χ2v) is 33.1. The van der Waals surface area contributed by atoms with Crippen molar-refractivity contribution in [3.8, 4) is 0 Å². The monoisotopic (exact) mass is 1680 g/mol. The van der Waals surface area contributed by atoms with Gasteiger partial charge in [0.25, 0.3) is 0 Å². The molecule has 634 valence electrons. The SMILES string of the molecule is CC(C)C[C@H](NC(=O)[C@@H]1CSSC[C@@H]2NC(=O)[C@H](CC(C)C)NC(=O)[C@H](CCC(=O)O)NC(=O)[C@@H](NC(=O)[C@H](CCC(=O)O)NC(=O)[C@H](CC(=O)O)NC(=O)[C@@H](N)CC(N)=O)CSSC[C@H](NC(=O)[C@H](C)NC(=O)[C@H](C(C)C)NC(=O)[C@H](CC(N)=O)NC(=O)[C@H](C(C)C)NC2=O)C(=O)N[C@@H]([C@@H](C)O)C(=O)NCC(=O)N1)C(=O)O. The number of amides is 17. The molecule has 3 saturated heterocycles. The Balaban J connectivity index is 3.28. The number of fused-ring (bicyclic) bond motifs is 37. The first-order valence-electron chi connectivity index (χ1n) is 35.5. The number of carbonyl (C=O) groups excluding carboxylic acids is 17. The van der Waals surface area contributed by atoms with E-state index in [0.717, 1.165) is 35.4 Å². The molecule has 0 aromatic rings. The Morgan fingerprint density at radius 3 is 1.48 bits per heavy atom. The summed E-state index contributed by atoms with van der Waals surface area (Å²) in [6, 6.07) is -27.7. The maximum Gasteiger partial charge on any atom is 0.326 e. The Hall–Kier alpha value is -9.81. The van der Waals surface area contributed by atoms with Crippen molar-refractivity contribution in [2.75, 3.05) is 29.6 Å². The zero-order valence-electron chi connectivity index (χ0n) is 63.6. The summed E-state index contributed by atoms with van der Waals surface area (Å²) in [4.78, 5) is 288. The lowest BCUT2D eigenvalue weighted by Crippen LogP contribution is -2.62. The molecule has 48 heteroatoms. The fraction of sp³-hybridized carbons (Fsp3) is 0.677. The number of hydrogen-bond acceptors (Lipinski definition) is 27. The molecule has 0 aromatic carbocycles. The third-order valence-corrected chi connectivity index (χ3v) is 21.3. The summed E-state index contributed by atoms with van der Waals surface area (Å²) in [5.41, 5.74) is 16.4. The topological polar surface area (TPSA) is 718 Å². The fourth-order valence-corrected chi connectivity index (χ4v) is 15.0. The maximum absolute atomic E-state index is 14.9. The predicted molar refractivity (Wildman–Crippen MR) is 405 cm³/mol. The van der Waals surface area contributed by atoms with Crippen LogP contribution in [-0.2, 0) is 101 Å². The molecule has 16 atom stereocenters. The Bertz CT molecular complexity index is 3490. The van der Waals surface area contributed by atoms with E-state index in [1.54, 1.807) is 27.7 Å². The van der Waals surface area contributed by atoms with Gasteiger partial charge in [-0.05, 0) is 63.2 Å². The summed E-state index contributed by atoms with van der Waals surface area (Å²) < 4.78 is 0. The van der Waals surface area contributed by atoms with Gasteiger partial charge in [-0.3, -0.25) is 95.9 Å². The quantitative estimate of drug-likeness (QED) is 0.0256. The smallest absolute Gasteiger partial charge is 0.326 e. The maximum atomic E-state index is 14.9. The molecule has 3 rings (SSSR count). The molecule has 3 fully saturated rings. The number of nitrogens with one attached hydrogen (secondary N) is 15. The van der Waals surface area contributed by atoms with Crippen LogP contribution in [0.5, 0.6) is 0 Å². The van der Waals surface area contributed by atoms with Gasteiger partial charge < -0.3 is 122 Å². The van der Waals surface area contributed by atoms with Crippen LogP contribution < -0.4 is 97.0 Å². The van der Waals surface area contributed by atoms with Crippen molar-refractivity contribution in [2.24, 2.45) is 40.9 Å². The van der Waals surface area contributed by atoms with E-state index in [1.165, 1.54) is 27.7 Å². The van der Waals surface area contributed by atoms with E-state index in [1.807, 2.05) is 5.32 Å². The van der Waals surface area contributed by atoms with Crippen molar-refractivity contribution in [2.45, 2.75) is 224 Å². The molecular formula is C65H104N18O26S4. The van der Waals surface area contributed by atoms with Gasteiger partial charge in [-0.25, -0.2) is 4.79 Å². The molecule has 0 unspecified atom stereocenters. The predicted octanol–water partition coefficient (Wildman–Crippen LogP) is -8.15. The number of carboxylic acids is 4. The van der Waals surface area contributed by atoms with Crippen molar-refractivity contribution in [1.82, 2.24) is 79.8 Å². The average Bonchev–Trinajstić information content (AvgIpc) is 0.954. The third kappa shape index (κ3) is 36.7. The molecule has 3 aliphatic rings. The second kappa shape index (κ2) is 49.0. The fourth-order valence-electron chi connectivity index (χ4n) is 10.4. The molecule has 113 heavy (non-hydrogen) atoms. The van der Waals surface area contributed by atoms with E-state index < -0.39 is 313 Å². The van der Waals surface area contributed by atoms with Crippen LogP contribution in [0.4, 0.5) is 0 Å². The Labute approximate surface area is 664 Å². The minimum atomic E-state index is -2.11. The number of hydrogen-bond donors (Lipinski definition) is 23. The molecule has 0 aliphatic carbocycles. The van der Waals surface area contributed by atoms with Gasteiger partial charge in [-0.1, -0.05) is 98.6 Å². The van der Waals surface area contributed by atoms with Crippen LogP contribution in [0, 0.1) is 23.7 Å². The van der Waals surface area contributed by atoms with Gasteiger partial charge in [-0.15, -0.1) is 0 Å². The highest BCUT2D eigenvalue weighted by Gasteiger charge is 2.41. The molecule has 26 N–H and O–H groups in total. The number of aliphatic hydroxyl groups excluding tert-OH is 1. The van der Waals surface area contributed by atoms with Crippen molar-refractivity contribution >= 4 is 167 Å². The Kier molecular flexibility index (Phi) is 43.0. The Morgan fingerprint density at radius 2 is 0.965 bits per heavy atom. The number of aliphatic hydroxyl groups is 1. The van der Waals surface area contributed by atoms with Gasteiger partial charge in [0.15, 0.2) is 0 Å². The van der Waals surface area contributed by atoms with E-state index in [0.29, 0.717) is 21.6 Å². The number of aliphatic carboxylic acids is 4. The highest BCUT2D eigenvalue weighted by atomic mass is 33.1. The van der Waals surface area contributed by atoms with E-state index in [-0.39, 0.29) is 18.8 Å². The zero-order chi connectivity index (χ0) is 86.0. The number of carboxylic acid groups (broad SMARTS) is 4. The molecule has 17 amide bonds. The van der Waals surface area contributed by atoms with Gasteiger partial charge in [0.1, 0.15) is 84.6 Å². The number of rotatable bonds is 28. The summed E-state index contributed by atoms with van der Waals surface area (Å²) in [7, 11) is 2.59. The molecule has 44 nitrogen and oxygen atoms in total. The van der Waals surface area contributed by atoms with Gasteiger partial charge in [-0.2, -0.15) is 0 Å². The van der Waals surface area contributed by atoms with Crippen molar-refractivity contribution in [3.05, 3.63) is 0 Å². The molecule has 0 radical (unpaired) electrons. The summed E-state index contributed by atoms with van der Waals surface area (Å²) in [5, 5.41) is 85.4. The molecule has 0 aromatic heterocycles. The van der Waals surface area contributed by atoms with Crippen molar-refractivity contribution < 1.29 is 126 Å². The normalized spacial score (nSPS) is 24.5. The lowest BCUT2D eigenvalue weighted by atomic mass is 10.00. The lowest BCUT2D eigenvalue weighted by molar-refractivity contribution is -0.143. The van der Waals surface area contributed by atoms with Gasteiger partial charge in [0.2, 0.25) is 100 Å². The Morgan fingerprint density at radius 1 is 0.469 bits per heavy atom. The summed E-state index contributed by atoms with van der Waals surface area (Å²) in [6.45, 7) is 13.3. The summed E-state index contributed by atoms with van der Waals surface area (Å²) >= 11 is 0. The van der Waals surface area contributed by atoms with Gasteiger partial charge in [0.05, 0.1) is 38.0 Å². The number of primary amides is 2. The van der Waals surface area contributed by atoms with Crippen LogP contribution in [0.25, 0.3) is 0 Å². The van der Waals surface area contributed by atoms with E-state index in [4.69, 9.17) is 17.2 Å². The van der Waals surface area contributed by atoms with Crippen LogP contribution in [-0.4, -0.2) is 276 Å². The molecule has 0 spiro atoms. The van der Waals surface area contributed by atoms with Crippen LogP contribution in [0.2, 0.25) is 0 Å². The van der Waals surface area contributed by atoms with Crippen LogP contribution in [0.15, 0.2) is 0 Å². The highest BCUT2D eigenvalue weighted by Crippen LogP contribution is 2.26. The minimum absolute atomic E-state index is 0.111. The first-order valence-corrected chi connectivity index (χ1v) is 40.5. The van der Waals surface area contributed by atoms with E-state index in [2.05, 4.69) is 74.4 Å². The molecule has 3 heterocycles. The van der Waals surface area contributed by atoms with Crippen LogP contribution in [0.3, 0.4) is 0 Å². The average molecular weight is 1680 g/mol.